The van der Waals surface area contributed by atoms with Gasteiger partial charge < -0.3 is 14.4 Å². The minimum Gasteiger partial charge on any atom is -0.462 e. The van der Waals surface area contributed by atoms with Crippen LogP contribution in [0.1, 0.15) is 67.2 Å². The molecule has 1 atom stereocenters. The van der Waals surface area contributed by atoms with Crippen LogP contribution in [-0.2, 0) is 14.3 Å². The molecule has 23 heavy (non-hydrogen) atoms. The van der Waals surface area contributed by atoms with Crippen molar-refractivity contribution in [1.29, 1.82) is 0 Å². The number of carbonyl (C=O) groups is 2. The summed E-state index contributed by atoms with van der Waals surface area (Å²) in [6, 6.07) is 0. The molecular weight excluding hydrogens is 294 g/mol. The molecule has 0 saturated carbocycles. The minimum atomic E-state index is -0.447. The molecule has 0 bridgehead atoms. The molecule has 1 aliphatic rings. The Morgan fingerprint density at radius 1 is 1.22 bits per heavy atom. The second-order valence-corrected chi connectivity index (χ2v) is 8.07. The van der Waals surface area contributed by atoms with Gasteiger partial charge in [0.2, 0.25) is 0 Å². The number of amides is 1. The maximum atomic E-state index is 12.1. The van der Waals surface area contributed by atoms with Gasteiger partial charge in [0.25, 0.3) is 6.47 Å². The van der Waals surface area contributed by atoms with Crippen LogP contribution in [0, 0.1) is 11.8 Å². The monoisotopic (exact) mass is 327 g/mol. The van der Waals surface area contributed by atoms with Crippen LogP contribution in [0.15, 0.2) is 0 Å². The summed E-state index contributed by atoms with van der Waals surface area (Å²) in [7, 11) is 0. The summed E-state index contributed by atoms with van der Waals surface area (Å²) in [4.78, 5) is 24.6. The van der Waals surface area contributed by atoms with Gasteiger partial charge in [-0.15, -0.1) is 0 Å². The number of piperidine rings is 1. The number of hydrogen-bond acceptors (Lipinski definition) is 4. The van der Waals surface area contributed by atoms with Crippen LogP contribution in [0.5, 0.6) is 0 Å². The Kier molecular flexibility index (Phi) is 6.90. The Labute approximate surface area is 140 Å². The average molecular weight is 327 g/mol. The first-order chi connectivity index (χ1) is 10.6. The van der Waals surface area contributed by atoms with Gasteiger partial charge in [0.15, 0.2) is 0 Å². The Morgan fingerprint density at radius 3 is 2.22 bits per heavy atom. The van der Waals surface area contributed by atoms with Crippen molar-refractivity contribution in [2.24, 2.45) is 11.8 Å². The largest absolute Gasteiger partial charge is 0.462 e. The second-order valence-electron chi connectivity index (χ2n) is 8.07. The molecule has 1 heterocycles. The molecule has 1 rings (SSSR count). The molecule has 0 aromatic rings. The number of rotatable bonds is 6. The molecule has 1 aliphatic heterocycles. The maximum absolute atomic E-state index is 12.1. The topological polar surface area (TPSA) is 55.8 Å². The quantitative estimate of drug-likeness (QED) is 0.692. The van der Waals surface area contributed by atoms with E-state index >= 15 is 0 Å². The van der Waals surface area contributed by atoms with Crippen molar-refractivity contribution in [3.8, 4) is 0 Å². The van der Waals surface area contributed by atoms with E-state index in [9.17, 15) is 9.59 Å². The van der Waals surface area contributed by atoms with E-state index in [0.717, 1.165) is 38.8 Å². The fraction of sp³-hybridized carbons (Fsp3) is 0.889. The molecule has 1 fully saturated rings. The summed E-state index contributed by atoms with van der Waals surface area (Å²) in [5, 5.41) is 0. The summed E-state index contributed by atoms with van der Waals surface area (Å²) in [6.07, 6.45) is 3.75. The molecule has 0 N–H and O–H groups in total. The number of ether oxygens (including phenoxy) is 2. The van der Waals surface area contributed by atoms with Gasteiger partial charge in [-0.05, 0) is 72.1 Å². The highest BCUT2D eigenvalue weighted by molar-refractivity contribution is 5.68. The summed E-state index contributed by atoms with van der Waals surface area (Å²) >= 11 is 0. The van der Waals surface area contributed by atoms with Crippen molar-refractivity contribution in [2.45, 2.75) is 78.4 Å². The highest BCUT2D eigenvalue weighted by Crippen LogP contribution is 2.33. The predicted octanol–water partition coefficient (Wildman–Crippen LogP) is 4.00. The van der Waals surface area contributed by atoms with Gasteiger partial charge in [-0.1, -0.05) is 6.92 Å². The first kappa shape index (κ1) is 19.8. The molecule has 1 saturated heterocycles. The molecule has 5 heteroatoms. The van der Waals surface area contributed by atoms with Crippen molar-refractivity contribution in [1.82, 2.24) is 4.90 Å². The van der Waals surface area contributed by atoms with Crippen LogP contribution in [0.2, 0.25) is 0 Å². The van der Waals surface area contributed by atoms with Gasteiger partial charge >= 0.3 is 6.09 Å². The minimum absolute atomic E-state index is 0.215. The third-order valence-corrected chi connectivity index (χ3v) is 4.71. The van der Waals surface area contributed by atoms with Crippen LogP contribution in [0.3, 0.4) is 0 Å². The van der Waals surface area contributed by atoms with Gasteiger partial charge in [-0.3, -0.25) is 4.79 Å². The zero-order chi connectivity index (χ0) is 17.7. The van der Waals surface area contributed by atoms with E-state index in [-0.39, 0.29) is 6.09 Å². The van der Waals surface area contributed by atoms with E-state index in [0.29, 0.717) is 18.3 Å². The molecule has 0 aromatic carbocycles. The fourth-order valence-corrected chi connectivity index (χ4v) is 3.24. The lowest BCUT2D eigenvalue weighted by Crippen LogP contribution is -2.43. The van der Waals surface area contributed by atoms with Gasteiger partial charge in [-0.25, -0.2) is 4.79 Å². The van der Waals surface area contributed by atoms with Gasteiger partial charge in [-0.2, -0.15) is 0 Å². The third kappa shape index (κ3) is 6.40. The van der Waals surface area contributed by atoms with Gasteiger partial charge in [0, 0.05) is 13.1 Å². The normalized spacial score (nSPS) is 18.4. The first-order valence-corrected chi connectivity index (χ1v) is 8.68. The van der Waals surface area contributed by atoms with Crippen molar-refractivity contribution in [3.05, 3.63) is 0 Å². The average Bonchev–Trinajstić information content (AvgIpc) is 2.43. The third-order valence-electron chi connectivity index (χ3n) is 4.71. The highest BCUT2D eigenvalue weighted by atomic mass is 16.6. The smallest absolute Gasteiger partial charge is 0.410 e. The zero-order valence-corrected chi connectivity index (χ0v) is 15.6. The van der Waals surface area contributed by atoms with Crippen LogP contribution in [-0.4, -0.2) is 41.8 Å². The van der Waals surface area contributed by atoms with Crippen LogP contribution in [0.25, 0.3) is 0 Å². The Morgan fingerprint density at radius 2 is 1.78 bits per heavy atom. The molecule has 5 nitrogen and oxygen atoms in total. The molecule has 1 amide bonds. The van der Waals surface area contributed by atoms with Crippen molar-refractivity contribution < 1.29 is 19.1 Å². The summed E-state index contributed by atoms with van der Waals surface area (Å²) in [5.74, 6) is 0.902. The number of likely N-dealkylation sites (tertiary alicyclic amines) is 1. The van der Waals surface area contributed by atoms with E-state index < -0.39 is 11.2 Å². The summed E-state index contributed by atoms with van der Waals surface area (Å²) in [5.41, 5.74) is -0.879. The standard InChI is InChI=1S/C18H33NO4/c1-7-15(18(5,6)22-13-20)12-14-8-10-19(11-9-14)16(21)23-17(2,3)4/h13-15H,7-12H2,1-6H3. The lowest BCUT2D eigenvalue weighted by atomic mass is 9.78. The zero-order valence-electron chi connectivity index (χ0n) is 15.6. The molecule has 0 radical (unpaired) electrons. The van der Waals surface area contributed by atoms with E-state index in [1.54, 1.807) is 4.90 Å². The fourth-order valence-electron chi connectivity index (χ4n) is 3.24. The number of nitrogens with zero attached hydrogens (tertiary/aromatic N) is 1. The molecule has 0 spiro atoms. The van der Waals surface area contributed by atoms with Crippen molar-refractivity contribution in [2.75, 3.05) is 13.1 Å². The SMILES string of the molecule is CCC(CC1CCN(C(=O)OC(C)(C)C)CC1)C(C)(C)OC=O. The molecule has 1 unspecified atom stereocenters. The molecule has 0 aliphatic carbocycles. The number of hydrogen-bond donors (Lipinski definition) is 0. The Balaban J connectivity index is 2.49. The van der Waals surface area contributed by atoms with Crippen LogP contribution >= 0.6 is 0 Å². The number of carbonyl (C=O) groups excluding carboxylic acids is 2. The van der Waals surface area contributed by atoms with Gasteiger partial charge in [0.05, 0.1) is 0 Å². The lowest BCUT2D eigenvalue weighted by molar-refractivity contribution is -0.146. The molecule has 134 valence electrons. The lowest BCUT2D eigenvalue weighted by Gasteiger charge is -2.38. The summed E-state index contributed by atoms with van der Waals surface area (Å²) < 4.78 is 10.7. The Hall–Kier alpha value is -1.26. The van der Waals surface area contributed by atoms with E-state index in [4.69, 9.17) is 9.47 Å². The highest BCUT2D eigenvalue weighted by Gasteiger charge is 2.34. The first-order valence-electron chi connectivity index (χ1n) is 8.68. The summed E-state index contributed by atoms with van der Waals surface area (Å²) in [6.45, 7) is 13.8. The van der Waals surface area contributed by atoms with E-state index in [1.165, 1.54) is 0 Å². The molecule has 0 aromatic heterocycles. The Bertz CT molecular complexity index is 392. The van der Waals surface area contributed by atoms with E-state index in [1.807, 2.05) is 34.6 Å². The van der Waals surface area contributed by atoms with Crippen molar-refractivity contribution in [3.63, 3.8) is 0 Å². The van der Waals surface area contributed by atoms with E-state index in [2.05, 4.69) is 6.92 Å². The second kappa shape index (κ2) is 8.02. The van der Waals surface area contributed by atoms with Crippen molar-refractivity contribution >= 4 is 12.6 Å². The van der Waals surface area contributed by atoms with Crippen LogP contribution < -0.4 is 0 Å². The van der Waals surface area contributed by atoms with Crippen LogP contribution in [0.4, 0.5) is 4.79 Å². The van der Waals surface area contributed by atoms with Gasteiger partial charge in [0.1, 0.15) is 11.2 Å². The predicted molar refractivity (Wildman–Crippen MR) is 90.2 cm³/mol. The molecular formula is C18H33NO4. The maximum Gasteiger partial charge on any atom is 0.410 e.